The van der Waals surface area contributed by atoms with Crippen molar-refractivity contribution in [2.24, 2.45) is 17.7 Å². The summed E-state index contributed by atoms with van der Waals surface area (Å²) in [4.78, 5) is 0. The summed E-state index contributed by atoms with van der Waals surface area (Å²) >= 11 is 6.10. The van der Waals surface area contributed by atoms with E-state index in [-0.39, 0.29) is 11.9 Å². The van der Waals surface area contributed by atoms with Crippen molar-refractivity contribution in [2.75, 3.05) is 0 Å². The fourth-order valence-electron chi connectivity index (χ4n) is 2.91. The number of halogens is 2. The third-order valence-electron chi connectivity index (χ3n) is 3.97. The van der Waals surface area contributed by atoms with E-state index >= 15 is 0 Å². The molecule has 1 fully saturated rings. The Morgan fingerprint density at radius 2 is 2.28 bits per heavy atom. The third kappa shape index (κ3) is 3.22. The number of hydrogen-bond donors (Lipinski definition) is 2. The molecular weight excluding hydrogens is 251 g/mol. The van der Waals surface area contributed by atoms with Gasteiger partial charge in [-0.05, 0) is 54.9 Å². The highest BCUT2D eigenvalue weighted by molar-refractivity contribution is 6.31. The summed E-state index contributed by atoms with van der Waals surface area (Å²) in [6.07, 6.45) is 4.30. The van der Waals surface area contributed by atoms with Crippen LogP contribution in [0, 0.1) is 17.7 Å². The lowest BCUT2D eigenvalue weighted by Crippen LogP contribution is -2.41. The van der Waals surface area contributed by atoms with Gasteiger partial charge in [0.25, 0.3) is 0 Å². The Hall–Kier alpha value is -0.640. The highest BCUT2D eigenvalue weighted by Crippen LogP contribution is 2.34. The number of benzene rings is 1. The maximum absolute atomic E-state index is 13.2. The maximum atomic E-state index is 13.2. The second kappa shape index (κ2) is 6.00. The summed E-state index contributed by atoms with van der Waals surface area (Å²) in [5.41, 5.74) is 3.71. The zero-order valence-electron chi connectivity index (χ0n) is 10.6. The quantitative estimate of drug-likeness (QED) is 0.651. The predicted molar refractivity (Wildman–Crippen MR) is 72.7 cm³/mol. The molecule has 0 radical (unpaired) electrons. The van der Waals surface area contributed by atoms with E-state index in [1.165, 1.54) is 31.4 Å². The van der Waals surface area contributed by atoms with Gasteiger partial charge in [0, 0.05) is 11.1 Å². The number of hydrogen-bond acceptors (Lipinski definition) is 2. The molecule has 0 amide bonds. The minimum atomic E-state index is -0.245. The van der Waals surface area contributed by atoms with Gasteiger partial charge in [0.2, 0.25) is 0 Å². The van der Waals surface area contributed by atoms with Gasteiger partial charge in [0.15, 0.2) is 0 Å². The van der Waals surface area contributed by atoms with Crippen molar-refractivity contribution < 1.29 is 4.39 Å². The topological polar surface area (TPSA) is 38.0 Å². The maximum Gasteiger partial charge on any atom is 0.123 e. The molecule has 2 rings (SSSR count). The molecule has 0 aromatic heterocycles. The first kappa shape index (κ1) is 13.8. The Bertz CT molecular complexity index is 411. The molecule has 2 nitrogen and oxygen atoms in total. The minimum absolute atomic E-state index is 0.175. The fourth-order valence-corrected chi connectivity index (χ4v) is 3.11. The van der Waals surface area contributed by atoms with Crippen LogP contribution in [0.3, 0.4) is 0 Å². The Morgan fingerprint density at radius 3 is 2.89 bits per heavy atom. The molecule has 4 heteroatoms. The Morgan fingerprint density at radius 1 is 1.50 bits per heavy atom. The van der Waals surface area contributed by atoms with E-state index < -0.39 is 0 Å². The van der Waals surface area contributed by atoms with E-state index in [1.807, 2.05) is 0 Å². The summed E-state index contributed by atoms with van der Waals surface area (Å²) in [5.74, 6) is 6.72. The van der Waals surface area contributed by atoms with Crippen LogP contribution in [-0.2, 0) is 6.42 Å². The number of nitrogens with one attached hydrogen (secondary N) is 1. The smallest absolute Gasteiger partial charge is 0.123 e. The van der Waals surface area contributed by atoms with E-state index in [1.54, 1.807) is 6.07 Å². The lowest BCUT2D eigenvalue weighted by atomic mass is 9.92. The third-order valence-corrected chi connectivity index (χ3v) is 4.33. The molecule has 1 aliphatic carbocycles. The van der Waals surface area contributed by atoms with E-state index in [0.29, 0.717) is 17.4 Å². The zero-order valence-corrected chi connectivity index (χ0v) is 11.4. The van der Waals surface area contributed by atoms with Crippen molar-refractivity contribution in [2.45, 2.75) is 38.6 Å². The number of hydrazine groups is 1. The molecule has 3 N–H and O–H groups in total. The molecule has 1 aromatic rings. The van der Waals surface area contributed by atoms with Crippen LogP contribution < -0.4 is 11.3 Å². The van der Waals surface area contributed by atoms with Gasteiger partial charge in [-0.3, -0.25) is 11.3 Å². The summed E-state index contributed by atoms with van der Waals surface area (Å²) in [6, 6.07) is 4.67. The van der Waals surface area contributed by atoms with Crippen LogP contribution in [0.1, 0.15) is 31.7 Å². The molecule has 1 aromatic carbocycles. The Labute approximate surface area is 113 Å². The van der Waals surface area contributed by atoms with Crippen molar-refractivity contribution in [3.8, 4) is 0 Å². The van der Waals surface area contributed by atoms with Crippen molar-refractivity contribution in [3.05, 3.63) is 34.6 Å². The van der Waals surface area contributed by atoms with E-state index in [9.17, 15) is 4.39 Å². The Kier molecular flexibility index (Phi) is 4.60. The van der Waals surface area contributed by atoms with Crippen molar-refractivity contribution >= 4 is 11.6 Å². The molecule has 100 valence electrons. The van der Waals surface area contributed by atoms with Gasteiger partial charge in [-0.2, -0.15) is 0 Å². The summed E-state index contributed by atoms with van der Waals surface area (Å²) in [6.45, 7) is 2.27. The van der Waals surface area contributed by atoms with Gasteiger partial charge in [-0.1, -0.05) is 24.9 Å². The second-order valence-electron chi connectivity index (χ2n) is 5.39. The van der Waals surface area contributed by atoms with Crippen molar-refractivity contribution in [3.63, 3.8) is 0 Å². The molecule has 0 spiro atoms. The zero-order chi connectivity index (χ0) is 13.1. The lowest BCUT2D eigenvalue weighted by Gasteiger charge is -2.23. The molecule has 0 saturated heterocycles. The van der Waals surface area contributed by atoms with Gasteiger partial charge in [0.1, 0.15) is 5.82 Å². The Balaban J connectivity index is 2.08. The highest BCUT2D eigenvalue weighted by atomic mass is 35.5. The summed E-state index contributed by atoms with van der Waals surface area (Å²) in [5, 5.41) is 0.614. The monoisotopic (exact) mass is 270 g/mol. The largest absolute Gasteiger partial charge is 0.271 e. The van der Waals surface area contributed by atoms with Crippen LogP contribution in [0.4, 0.5) is 4.39 Å². The average molecular weight is 271 g/mol. The summed E-state index contributed by atoms with van der Waals surface area (Å²) < 4.78 is 13.2. The molecule has 3 atom stereocenters. The molecule has 1 saturated carbocycles. The molecule has 0 aliphatic heterocycles. The average Bonchev–Trinajstić information content (AvgIpc) is 2.77. The molecule has 1 aliphatic rings. The molecule has 3 unspecified atom stereocenters. The van der Waals surface area contributed by atoms with Gasteiger partial charge in [0.05, 0.1) is 0 Å². The lowest BCUT2D eigenvalue weighted by molar-refractivity contribution is 0.352. The van der Waals surface area contributed by atoms with Gasteiger partial charge < -0.3 is 0 Å². The number of rotatable bonds is 4. The van der Waals surface area contributed by atoms with Crippen LogP contribution in [0.5, 0.6) is 0 Å². The number of nitrogens with two attached hydrogens (primary N) is 1. The molecule has 18 heavy (non-hydrogen) atoms. The van der Waals surface area contributed by atoms with E-state index in [4.69, 9.17) is 17.4 Å². The van der Waals surface area contributed by atoms with Crippen molar-refractivity contribution in [1.29, 1.82) is 0 Å². The van der Waals surface area contributed by atoms with E-state index in [2.05, 4.69) is 12.3 Å². The van der Waals surface area contributed by atoms with Gasteiger partial charge >= 0.3 is 0 Å². The summed E-state index contributed by atoms with van der Waals surface area (Å²) in [7, 11) is 0. The van der Waals surface area contributed by atoms with Gasteiger partial charge in [-0.15, -0.1) is 0 Å². The molecular formula is C14H20ClFN2. The van der Waals surface area contributed by atoms with Crippen LogP contribution in [0.25, 0.3) is 0 Å². The van der Waals surface area contributed by atoms with Gasteiger partial charge in [-0.25, -0.2) is 4.39 Å². The van der Waals surface area contributed by atoms with Crippen LogP contribution in [0.2, 0.25) is 5.02 Å². The highest BCUT2D eigenvalue weighted by Gasteiger charge is 2.28. The fraction of sp³-hybridized carbons (Fsp3) is 0.571. The van der Waals surface area contributed by atoms with Crippen LogP contribution in [0.15, 0.2) is 18.2 Å². The molecule has 0 heterocycles. The van der Waals surface area contributed by atoms with Crippen LogP contribution in [-0.4, -0.2) is 6.04 Å². The SMILES string of the molecule is CC1CCC(C(Cc2cc(F)ccc2Cl)NN)C1. The van der Waals surface area contributed by atoms with Crippen molar-refractivity contribution in [1.82, 2.24) is 5.43 Å². The normalized spacial score (nSPS) is 25.3. The minimum Gasteiger partial charge on any atom is -0.271 e. The first-order valence-corrected chi connectivity index (χ1v) is 6.88. The van der Waals surface area contributed by atoms with E-state index in [0.717, 1.165) is 11.5 Å². The molecule has 0 bridgehead atoms. The first-order chi connectivity index (χ1) is 8.60. The first-order valence-electron chi connectivity index (χ1n) is 6.50. The standard InChI is InChI=1S/C14H20ClFN2/c1-9-2-3-10(6-9)14(18-17)8-11-7-12(16)4-5-13(11)15/h4-5,7,9-10,14,18H,2-3,6,8,17H2,1H3. The second-order valence-corrected chi connectivity index (χ2v) is 5.80. The predicted octanol–water partition coefficient (Wildman–Crippen LogP) is 3.29. The van der Waals surface area contributed by atoms with Crippen LogP contribution >= 0.6 is 11.6 Å².